The van der Waals surface area contributed by atoms with Crippen LogP contribution >= 0.6 is 0 Å². The predicted octanol–water partition coefficient (Wildman–Crippen LogP) is 3.01. The Hall–Kier alpha value is -2.34. The van der Waals surface area contributed by atoms with Crippen molar-refractivity contribution in [3.05, 3.63) is 54.1 Å². The molecular formula is C16H18N2O3S. The zero-order valence-corrected chi connectivity index (χ0v) is 13.3. The summed E-state index contributed by atoms with van der Waals surface area (Å²) in [5.41, 5.74) is 2.13. The molecule has 0 radical (unpaired) electrons. The summed E-state index contributed by atoms with van der Waals surface area (Å²) in [6.45, 7) is 3.43. The lowest BCUT2D eigenvalue weighted by atomic mass is 10.2. The molecule has 6 heteroatoms. The number of benzene rings is 2. The highest BCUT2D eigenvalue weighted by molar-refractivity contribution is 7.92. The van der Waals surface area contributed by atoms with E-state index in [1.165, 1.54) is 6.92 Å². The van der Waals surface area contributed by atoms with E-state index in [1.807, 2.05) is 6.92 Å². The van der Waals surface area contributed by atoms with Crippen molar-refractivity contribution in [2.75, 3.05) is 10.0 Å². The highest BCUT2D eigenvalue weighted by Crippen LogP contribution is 2.19. The Kier molecular flexibility index (Phi) is 4.82. The first-order valence-corrected chi connectivity index (χ1v) is 8.38. The smallest absolute Gasteiger partial charge is 0.261 e. The molecule has 0 aliphatic carbocycles. The van der Waals surface area contributed by atoms with Crippen molar-refractivity contribution < 1.29 is 13.2 Å². The molecule has 5 nitrogen and oxygen atoms in total. The van der Waals surface area contributed by atoms with Crippen LogP contribution in [0.25, 0.3) is 0 Å². The molecule has 0 atom stereocenters. The minimum Gasteiger partial charge on any atom is -0.326 e. The van der Waals surface area contributed by atoms with Crippen LogP contribution in [0.1, 0.15) is 19.4 Å². The van der Waals surface area contributed by atoms with E-state index in [9.17, 15) is 13.2 Å². The van der Waals surface area contributed by atoms with Gasteiger partial charge < -0.3 is 5.32 Å². The van der Waals surface area contributed by atoms with Crippen LogP contribution in [0.2, 0.25) is 0 Å². The highest BCUT2D eigenvalue weighted by atomic mass is 32.2. The Labute approximate surface area is 130 Å². The molecule has 1 amide bonds. The Bertz CT molecular complexity index is 751. The molecule has 0 aromatic heterocycles. The van der Waals surface area contributed by atoms with E-state index < -0.39 is 10.0 Å². The normalized spacial score (nSPS) is 11.0. The van der Waals surface area contributed by atoms with E-state index in [-0.39, 0.29) is 10.8 Å². The fraction of sp³-hybridized carbons (Fsp3) is 0.188. The maximum Gasteiger partial charge on any atom is 0.261 e. The molecule has 0 aliphatic rings. The Morgan fingerprint density at radius 3 is 2.00 bits per heavy atom. The van der Waals surface area contributed by atoms with Gasteiger partial charge in [-0.3, -0.25) is 9.52 Å². The van der Waals surface area contributed by atoms with E-state index in [1.54, 1.807) is 48.5 Å². The number of nitrogens with one attached hydrogen (secondary N) is 2. The van der Waals surface area contributed by atoms with Gasteiger partial charge in [-0.15, -0.1) is 0 Å². The second kappa shape index (κ2) is 6.62. The van der Waals surface area contributed by atoms with Crippen molar-refractivity contribution in [1.82, 2.24) is 0 Å². The fourth-order valence-electron chi connectivity index (χ4n) is 1.94. The summed E-state index contributed by atoms with van der Waals surface area (Å²) >= 11 is 0. The molecule has 0 heterocycles. The molecule has 2 aromatic rings. The van der Waals surface area contributed by atoms with Gasteiger partial charge >= 0.3 is 0 Å². The summed E-state index contributed by atoms with van der Waals surface area (Å²) in [6, 6.07) is 13.3. The lowest BCUT2D eigenvalue weighted by molar-refractivity contribution is -0.114. The largest absolute Gasteiger partial charge is 0.326 e. The third kappa shape index (κ3) is 4.08. The highest BCUT2D eigenvalue weighted by Gasteiger charge is 2.13. The molecule has 22 heavy (non-hydrogen) atoms. The van der Waals surface area contributed by atoms with E-state index in [0.717, 1.165) is 12.0 Å². The van der Waals surface area contributed by atoms with Gasteiger partial charge in [0, 0.05) is 18.3 Å². The molecule has 0 bridgehead atoms. The number of amides is 1. The number of hydrogen-bond acceptors (Lipinski definition) is 3. The summed E-state index contributed by atoms with van der Waals surface area (Å²) in [5.74, 6) is -0.177. The van der Waals surface area contributed by atoms with Crippen molar-refractivity contribution in [2.24, 2.45) is 0 Å². The molecule has 0 saturated heterocycles. The number of rotatable bonds is 5. The molecule has 0 saturated carbocycles. The number of carbonyl (C=O) groups is 1. The summed E-state index contributed by atoms with van der Waals surface area (Å²) in [4.78, 5) is 11.2. The van der Waals surface area contributed by atoms with Crippen LogP contribution in [0.3, 0.4) is 0 Å². The number of sulfonamides is 1. The van der Waals surface area contributed by atoms with Gasteiger partial charge in [0.25, 0.3) is 10.0 Å². The second-order valence-corrected chi connectivity index (χ2v) is 6.54. The van der Waals surface area contributed by atoms with Crippen LogP contribution in [0, 0.1) is 0 Å². The van der Waals surface area contributed by atoms with Gasteiger partial charge in [-0.2, -0.15) is 0 Å². The third-order valence-electron chi connectivity index (χ3n) is 3.10. The first-order chi connectivity index (χ1) is 10.4. The number of carbonyl (C=O) groups excluding carboxylic acids is 1. The maximum atomic E-state index is 12.3. The first kappa shape index (κ1) is 16.0. The van der Waals surface area contributed by atoms with Crippen LogP contribution in [0.15, 0.2) is 53.4 Å². The first-order valence-electron chi connectivity index (χ1n) is 6.90. The van der Waals surface area contributed by atoms with Gasteiger partial charge in [0.15, 0.2) is 0 Å². The van der Waals surface area contributed by atoms with E-state index in [0.29, 0.717) is 11.4 Å². The molecule has 116 valence electrons. The molecular weight excluding hydrogens is 300 g/mol. The number of anilines is 2. The summed E-state index contributed by atoms with van der Waals surface area (Å²) in [5, 5.41) is 2.62. The van der Waals surface area contributed by atoms with Crippen LogP contribution in [0.4, 0.5) is 11.4 Å². The Balaban J connectivity index is 2.15. The van der Waals surface area contributed by atoms with Crippen LogP contribution in [-0.2, 0) is 21.2 Å². The minimum absolute atomic E-state index is 0.177. The molecule has 0 fully saturated rings. The lowest BCUT2D eigenvalue weighted by Gasteiger charge is -2.09. The Morgan fingerprint density at radius 2 is 1.50 bits per heavy atom. The minimum atomic E-state index is -3.61. The average molecular weight is 318 g/mol. The quantitative estimate of drug-likeness (QED) is 0.890. The van der Waals surface area contributed by atoms with Crippen molar-refractivity contribution >= 4 is 27.3 Å². The fourth-order valence-corrected chi connectivity index (χ4v) is 3.00. The second-order valence-electron chi connectivity index (χ2n) is 4.86. The summed E-state index contributed by atoms with van der Waals surface area (Å²) in [6.07, 6.45) is 0.859. The van der Waals surface area contributed by atoms with Crippen molar-refractivity contribution in [3.8, 4) is 0 Å². The van der Waals surface area contributed by atoms with Gasteiger partial charge in [-0.25, -0.2) is 8.42 Å². The van der Waals surface area contributed by atoms with Crippen LogP contribution in [-0.4, -0.2) is 14.3 Å². The van der Waals surface area contributed by atoms with E-state index >= 15 is 0 Å². The zero-order chi connectivity index (χ0) is 16.2. The number of hydrogen-bond donors (Lipinski definition) is 2. The van der Waals surface area contributed by atoms with Gasteiger partial charge in [0.05, 0.1) is 4.90 Å². The number of aryl methyl sites for hydroxylation is 1. The summed E-state index contributed by atoms with van der Waals surface area (Å²) < 4.78 is 27.1. The van der Waals surface area contributed by atoms with Crippen molar-refractivity contribution in [1.29, 1.82) is 0 Å². The molecule has 0 spiro atoms. The molecule has 2 aromatic carbocycles. The summed E-state index contributed by atoms with van der Waals surface area (Å²) in [7, 11) is -3.61. The standard InChI is InChI=1S/C16H18N2O3S/c1-3-13-4-10-16(11-5-13)22(20,21)18-15-8-6-14(7-9-15)17-12(2)19/h4-11,18H,3H2,1-2H3,(H,17,19). The van der Waals surface area contributed by atoms with E-state index in [2.05, 4.69) is 10.0 Å². The Morgan fingerprint density at radius 1 is 0.955 bits per heavy atom. The third-order valence-corrected chi connectivity index (χ3v) is 4.50. The van der Waals surface area contributed by atoms with Crippen molar-refractivity contribution in [2.45, 2.75) is 25.2 Å². The van der Waals surface area contributed by atoms with Gasteiger partial charge in [0.1, 0.15) is 0 Å². The van der Waals surface area contributed by atoms with Crippen LogP contribution in [0.5, 0.6) is 0 Å². The molecule has 2 rings (SSSR count). The molecule has 2 N–H and O–H groups in total. The SMILES string of the molecule is CCc1ccc(S(=O)(=O)Nc2ccc(NC(C)=O)cc2)cc1. The molecule has 0 unspecified atom stereocenters. The van der Waals surface area contributed by atoms with Gasteiger partial charge in [-0.05, 0) is 48.4 Å². The predicted molar refractivity (Wildman–Crippen MR) is 87.4 cm³/mol. The molecule has 0 aliphatic heterocycles. The van der Waals surface area contributed by atoms with Gasteiger partial charge in [0.2, 0.25) is 5.91 Å². The van der Waals surface area contributed by atoms with E-state index in [4.69, 9.17) is 0 Å². The van der Waals surface area contributed by atoms with Crippen LogP contribution < -0.4 is 10.0 Å². The van der Waals surface area contributed by atoms with Crippen molar-refractivity contribution in [3.63, 3.8) is 0 Å². The topological polar surface area (TPSA) is 75.3 Å². The zero-order valence-electron chi connectivity index (χ0n) is 12.5. The van der Waals surface area contributed by atoms with Gasteiger partial charge in [-0.1, -0.05) is 19.1 Å². The monoisotopic (exact) mass is 318 g/mol. The average Bonchev–Trinajstić information content (AvgIpc) is 2.48. The maximum absolute atomic E-state index is 12.3. The lowest BCUT2D eigenvalue weighted by Crippen LogP contribution is -2.13.